The van der Waals surface area contributed by atoms with E-state index in [1.807, 2.05) is 30.3 Å². The van der Waals surface area contributed by atoms with E-state index in [0.717, 1.165) is 38.0 Å². The summed E-state index contributed by atoms with van der Waals surface area (Å²) in [6, 6.07) is 23.4. The number of fused-ring (bicyclic) bond motifs is 1. The molecule has 0 saturated carbocycles. The van der Waals surface area contributed by atoms with Crippen molar-refractivity contribution >= 4 is 23.6 Å². The van der Waals surface area contributed by atoms with Crippen molar-refractivity contribution in [3.8, 4) is 5.75 Å². The van der Waals surface area contributed by atoms with E-state index in [2.05, 4.69) is 46.7 Å². The van der Waals surface area contributed by atoms with Gasteiger partial charge in [-0.2, -0.15) is 0 Å². The average molecular weight is 482 g/mol. The molecule has 2 N–H and O–H groups in total. The highest BCUT2D eigenvalue weighted by atomic mass is 16.5. The van der Waals surface area contributed by atoms with Gasteiger partial charge < -0.3 is 15.4 Å². The van der Waals surface area contributed by atoms with Gasteiger partial charge in [0.15, 0.2) is 11.5 Å². The number of nitrogens with one attached hydrogen (secondary N) is 2. The first-order valence-corrected chi connectivity index (χ1v) is 12.5. The maximum absolute atomic E-state index is 12.8. The van der Waals surface area contributed by atoms with Gasteiger partial charge >= 0.3 is 0 Å². The fourth-order valence-corrected chi connectivity index (χ4v) is 4.64. The number of nitrogens with zero attached hydrogens (tertiary/aromatic N) is 1. The van der Waals surface area contributed by atoms with E-state index in [4.69, 9.17) is 4.74 Å². The number of carbonyl (C=O) groups excluding carboxylic acids is 2. The Morgan fingerprint density at radius 1 is 1.06 bits per heavy atom. The summed E-state index contributed by atoms with van der Waals surface area (Å²) in [6.45, 7) is 5.81. The molecule has 184 valence electrons. The second-order valence-corrected chi connectivity index (χ2v) is 9.60. The van der Waals surface area contributed by atoms with Crippen molar-refractivity contribution in [2.75, 3.05) is 25.0 Å². The van der Waals surface area contributed by atoms with Crippen LogP contribution in [-0.4, -0.2) is 36.3 Å². The maximum atomic E-state index is 12.8. The number of hydrogen-bond acceptors (Lipinski definition) is 4. The summed E-state index contributed by atoms with van der Waals surface area (Å²) in [7, 11) is 0. The van der Waals surface area contributed by atoms with Gasteiger partial charge in [0.1, 0.15) is 0 Å². The highest BCUT2D eigenvalue weighted by molar-refractivity contribution is 6.09. The second-order valence-electron chi connectivity index (χ2n) is 9.60. The van der Waals surface area contributed by atoms with Crippen molar-refractivity contribution in [2.24, 2.45) is 5.92 Å². The summed E-state index contributed by atoms with van der Waals surface area (Å²) in [5, 5.41) is 5.92. The number of benzene rings is 3. The summed E-state index contributed by atoms with van der Waals surface area (Å²) in [5.74, 6) is 0.740. The molecule has 36 heavy (non-hydrogen) atoms. The average Bonchev–Trinajstić information content (AvgIpc) is 2.90. The molecule has 2 aliphatic rings. The Kier molecular flexibility index (Phi) is 7.14. The Balaban J connectivity index is 1.12. The van der Waals surface area contributed by atoms with Crippen LogP contribution >= 0.6 is 0 Å². The van der Waals surface area contributed by atoms with E-state index in [1.165, 1.54) is 11.1 Å². The molecule has 3 aromatic rings. The molecule has 6 nitrogen and oxygen atoms in total. The standard InChI is InChI=1S/C30H31N3O3/c1-21-7-9-24(10-8-21)20-33-15-13-23(14-16-33)19-31-29(34)25-11-12-27-26(18-25)32-30(35)28(36-27)17-22-5-3-2-4-6-22/h2-12,17-18,23H,13-16,19-20H2,1H3,(H,31,34)(H,32,35). The van der Waals surface area contributed by atoms with Crippen LogP contribution in [0.25, 0.3) is 6.08 Å². The normalized spacial score (nSPS) is 17.2. The summed E-state index contributed by atoms with van der Waals surface area (Å²) >= 11 is 0. The van der Waals surface area contributed by atoms with E-state index >= 15 is 0 Å². The number of rotatable bonds is 6. The summed E-state index contributed by atoms with van der Waals surface area (Å²) in [4.78, 5) is 27.8. The van der Waals surface area contributed by atoms with Crippen LogP contribution < -0.4 is 15.4 Å². The minimum atomic E-state index is -0.332. The van der Waals surface area contributed by atoms with Crippen LogP contribution in [0.1, 0.15) is 39.9 Å². The summed E-state index contributed by atoms with van der Waals surface area (Å²) in [5.41, 5.74) is 4.51. The van der Waals surface area contributed by atoms with E-state index in [1.54, 1.807) is 24.3 Å². The number of hydrogen-bond donors (Lipinski definition) is 2. The fourth-order valence-electron chi connectivity index (χ4n) is 4.64. The third kappa shape index (κ3) is 5.83. The Bertz CT molecular complexity index is 1260. The molecule has 3 aromatic carbocycles. The molecule has 2 heterocycles. The molecule has 0 aliphatic carbocycles. The molecule has 1 fully saturated rings. The Hall–Kier alpha value is -3.90. The minimum absolute atomic E-state index is 0.139. The zero-order chi connectivity index (χ0) is 24.9. The van der Waals surface area contributed by atoms with Gasteiger partial charge in [0.2, 0.25) is 0 Å². The lowest BCUT2D eigenvalue weighted by atomic mass is 9.96. The highest BCUT2D eigenvalue weighted by Gasteiger charge is 2.24. The van der Waals surface area contributed by atoms with Crippen molar-refractivity contribution < 1.29 is 14.3 Å². The van der Waals surface area contributed by atoms with Gasteiger partial charge in [-0.25, -0.2) is 0 Å². The molecule has 0 atom stereocenters. The van der Waals surface area contributed by atoms with Gasteiger partial charge in [-0.15, -0.1) is 0 Å². The highest BCUT2D eigenvalue weighted by Crippen LogP contribution is 2.32. The Morgan fingerprint density at radius 2 is 1.81 bits per heavy atom. The third-order valence-electron chi connectivity index (χ3n) is 6.82. The Morgan fingerprint density at radius 3 is 2.56 bits per heavy atom. The molecule has 6 heteroatoms. The minimum Gasteiger partial charge on any atom is -0.449 e. The first-order valence-electron chi connectivity index (χ1n) is 12.5. The molecule has 0 bridgehead atoms. The van der Waals surface area contributed by atoms with Crippen LogP contribution in [0.3, 0.4) is 0 Å². The second kappa shape index (κ2) is 10.8. The molecule has 0 radical (unpaired) electrons. The van der Waals surface area contributed by atoms with Crippen LogP contribution in [0, 0.1) is 12.8 Å². The number of ether oxygens (including phenoxy) is 1. The third-order valence-corrected chi connectivity index (χ3v) is 6.82. The number of aryl methyl sites for hydroxylation is 1. The van der Waals surface area contributed by atoms with Crippen molar-refractivity contribution in [1.82, 2.24) is 10.2 Å². The topological polar surface area (TPSA) is 70.7 Å². The van der Waals surface area contributed by atoms with Gasteiger partial charge in [0, 0.05) is 18.7 Å². The van der Waals surface area contributed by atoms with Crippen LogP contribution in [-0.2, 0) is 11.3 Å². The maximum Gasteiger partial charge on any atom is 0.291 e. The number of piperidine rings is 1. The van der Waals surface area contributed by atoms with Crippen LogP contribution in [0.4, 0.5) is 5.69 Å². The van der Waals surface area contributed by atoms with Crippen molar-refractivity contribution in [2.45, 2.75) is 26.3 Å². The fraction of sp³-hybridized carbons (Fsp3) is 0.267. The molecular weight excluding hydrogens is 450 g/mol. The molecule has 5 rings (SSSR count). The molecule has 2 aliphatic heterocycles. The van der Waals surface area contributed by atoms with Crippen LogP contribution in [0.2, 0.25) is 0 Å². The number of amides is 2. The van der Waals surface area contributed by atoms with Gasteiger partial charge in [-0.1, -0.05) is 60.2 Å². The zero-order valence-corrected chi connectivity index (χ0v) is 20.5. The lowest BCUT2D eigenvalue weighted by molar-refractivity contribution is -0.115. The SMILES string of the molecule is Cc1ccc(CN2CCC(CNC(=O)c3ccc4c(c3)NC(=O)C(=Cc3ccccc3)O4)CC2)cc1. The van der Waals surface area contributed by atoms with Crippen molar-refractivity contribution in [1.29, 1.82) is 0 Å². The molecule has 2 amide bonds. The number of carbonyl (C=O) groups is 2. The number of anilines is 1. The molecule has 0 unspecified atom stereocenters. The van der Waals surface area contributed by atoms with Gasteiger partial charge in [-0.05, 0) is 74.2 Å². The predicted octanol–water partition coefficient (Wildman–Crippen LogP) is 5.01. The Labute approximate surface area is 212 Å². The molecule has 0 spiro atoms. The first kappa shape index (κ1) is 23.8. The quantitative estimate of drug-likeness (QED) is 0.486. The first-order chi connectivity index (χ1) is 17.5. The molecule has 0 aromatic heterocycles. The van der Waals surface area contributed by atoms with E-state index in [0.29, 0.717) is 29.5 Å². The summed E-state index contributed by atoms with van der Waals surface area (Å²) in [6.07, 6.45) is 3.83. The van der Waals surface area contributed by atoms with Gasteiger partial charge in [-0.3, -0.25) is 14.5 Å². The van der Waals surface area contributed by atoms with Gasteiger partial charge in [0.25, 0.3) is 11.8 Å². The molecular formula is C30H31N3O3. The lowest BCUT2D eigenvalue weighted by Crippen LogP contribution is -2.38. The smallest absolute Gasteiger partial charge is 0.291 e. The van der Waals surface area contributed by atoms with Gasteiger partial charge in [0.05, 0.1) is 5.69 Å². The number of likely N-dealkylation sites (tertiary alicyclic amines) is 1. The summed E-state index contributed by atoms with van der Waals surface area (Å²) < 4.78 is 5.81. The lowest BCUT2D eigenvalue weighted by Gasteiger charge is -2.32. The largest absolute Gasteiger partial charge is 0.449 e. The van der Waals surface area contributed by atoms with Crippen LogP contribution in [0.5, 0.6) is 5.75 Å². The molecule has 1 saturated heterocycles. The predicted molar refractivity (Wildman–Crippen MR) is 142 cm³/mol. The van der Waals surface area contributed by atoms with Crippen molar-refractivity contribution in [3.63, 3.8) is 0 Å². The zero-order valence-electron chi connectivity index (χ0n) is 20.5. The van der Waals surface area contributed by atoms with E-state index < -0.39 is 0 Å². The monoisotopic (exact) mass is 481 g/mol. The van der Waals surface area contributed by atoms with Crippen molar-refractivity contribution in [3.05, 3.63) is 101 Å². The van der Waals surface area contributed by atoms with E-state index in [9.17, 15) is 9.59 Å². The van der Waals surface area contributed by atoms with Crippen LogP contribution in [0.15, 0.2) is 78.6 Å². The van der Waals surface area contributed by atoms with E-state index in [-0.39, 0.29) is 17.6 Å².